The number of aromatic nitrogens is 2. The first-order valence-corrected chi connectivity index (χ1v) is 5.53. The molecule has 90 valence electrons. The molecule has 0 spiro atoms. The number of nitrogens with two attached hydrogens (primary N) is 1. The summed E-state index contributed by atoms with van der Waals surface area (Å²) in [6.45, 7) is 4.70. The van der Waals surface area contributed by atoms with Gasteiger partial charge >= 0.3 is 0 Å². The molecule has 0 bridgehead atoms. The Kier molecular flexibility index (Phi) is 2.53. The minimum Gasteiger partial charge on any atom is -0.329 e. The van der Waals surface area contributed by atoms with Crippen LogP contribution in [0.4, 0.5) is 8.78 Å². The molecule has 16 heavy (non-hydrogen) atoms. The summed E-state index contributed by atoms with van der Waals surface area (Å²) in [5, 5.41) is 4.10. The Morgan fingerprint density at radius 1 is 1.56 bits per heavy atom. The molecule has 1 fully saturated rings. The Labute approximate surface area is 93.6 Å². The zero-order chi connectivity index (χ0) is 12.0. The van der Waals surface area contributed by atoms with Crippen LogP contribution in [0.3, 0.4) is 0 Å². The van der Waals surface area contributed by atoms with Crippen molar-refractivity contribution in [2.75, 3.05) is 6.54 Å². The SMILES string of the molecule is CC(C)Cn1nccc1C1(CN)CC1(F)F. The van der Waals surface area contributed by atoms with Crippen LogP contribution in [0, 0.1) is 5.92 Å². The lowest BCUT2D eigenvalue weighted by Gasteiger charge is -2.17. The van der Waals surface area contributed by atoms with Crippen LogP contribution in [-0.4, -0.2) is 22.2 Å². The molecule has 0 amide bonds. The molecule has 2 N–H and O–H groups in total. The third-order valence-electron chi connectivity index (χ3n) is 3.19. The second-order valence-electron chi connectivity index (χ2n) is 4.96. The molecular weight excluding hydrogens is 212 g/mol. The maximum absolute atomic E-state index is 13.4. The zero-order valence-electron chi connectivity index (χ0n) is 9.58. The Morgan fingerprint density at radius 3 is 2.62 bits per heavy atom. The van der Waals surface area contributed by atoms with E-state index in [1.165, 1.54) is 0 Å². The molecule has 3 nitrogen and oxygen atoms in total. The van der Waals surface area contributed by atoms with Crippen molar-refractivity contribution in [1.82, 2.24) is 9.78 Å². The molecule has 1 saturated carbocycles. The molecule has 1 aromatic rings. The van der Waals surface area contributed by atoms with E-state index in [0.717, 1.165) is 0 Å². The van der Waals surface area contributed by atoms with Crippen molar-refractivity contribution in [3.05, 3.63) is 18.0 Å². The van der Waals surface area contributed by atoms with E-state index in [1.54, 1.807) is 16.9 Å². The van der Waals surface area contributed by atoms with Gasteiger partial charge in [0.1, 0.15) is 0 Å². The summed E-state index contributed by atoms with van der Waals surface area (Å²) in [5.74, 6) is -2.29. The van der Waals surface area contributed by atoms with E-state index in [4.69, 9.17) is 5.73 Å². The summed E-state index contributed by atoms with van der Waals surface area (Å²) in [6, 6.07) is 1.66. The van der Waals surface area contributed by atoms with Crippen LogP contribution in [0.15, 0.2) is 12.3 Å². The molecule has 2 rings (SSSR count). The molecule has 1 aliphatic carbocycles. The van der Waals surface area contributed by atoms with Gasteiger partial charge in [-0.3, -0.25) is 4.68 Å². The first-order chi connectivity index (χ1) is 7.43. The molecule has 0 saturated heterocycles. The van der Waals surface area contributed by atoms with Gasteiger partial charge in [-0.05, 0) is 12.0 Å². The van der Waals surface area contributed by atoms with E-state index >= 15 is 0 Å². The van der Waals surface area contributed by atoms with Crippen molar-refractivity contribution in [1.29, 1.82) is 0 Å². The summed E-state index contributed by atoms with van der Waals surface area (Å²) in [6.07, 6.45) is 1.42. The van der Waals surface area contributed by atoms with Gasteiger partial charge in [0.15, 0.2) is 0 Å². The third-order valence-corrected chi connectivity index (χ3v) is 3.19. The summed E-state index contributed by atoms with van der Waals surface area (Å²) >= 11 is 0. The van der Waals surface area contributed by atoms with Gasteiger partial charge in [0.05, 0.1) is 11.1 Å². The number of rotatable bonds is 4. The van der Waals surface area contributed by atoms with Crippen LogP contribution in [0.25, 0.3) is 0 Å². The van der Waals surface area contributed by atoms with Crippen LogP contribution in [0.2, 0.25) is 0 Å². The van der Waals surface area contributed by atoms with Crippen LogP contribution >= 0.6 is 0 Å². The van der Waals surface area contributed by atoms with E-state index in [0.29, 0.717) is 18.2 Å². The van der Waals surface area contributed by atoms with E-state index in [-0.39, 0.29) is 13.0 Å². The molecule has 1 aliphatic rings. The number of alkyl halides is 2. The molecular formula is C11H17F2N3. The van der Waals surface area contributed by atoms with Gasteiger partial charge in [-0.15, -0.1) is 0 Å². The molecule has 5 heteroatoms. The van der Waals surface area contributed by atoms with Crippen LogP contribution in [0.5, 0.6) is 0 Å². The quantitative estimate of drug-likeness (QED) is 0.855. The fraction of sp³-hybridized carbons (Fsp3) is 0.727. The lowest BCUT2D eigenvalue weighted by Crippen LogP contribution is -2.30. The standard InChI is InChI=1S/C11H17F2N3/c1-8(2)5-16-9(3-4-15-16)10(7-14)6-11(10,12)13/h3-4,8H,5-7,14H2,1-2H3. The predicted molar refractivity (Wildman–Crippen MR) is 57.4 cm³/mol. The Balaban J connectivity index is 2.31. The minimum atomic E-state index is -2.67. The van der Waals surface area contributed by atoms with Gasteiger partial charge in [-0.25, -0.2) is 8.78 Å². The molecule has 0 radical (unpaired) electrons. The Morgan fingerprint density at radius 2 is 2.19 bits per heavy atom. The monoisotopic (exact) mass is 229 g/mol. The largest absolute Gasteiger partial charge is 0.329 e. The molecule has 1 aromatic heterocycles. The average Bonchev–Trinajstić information content (AvgIpc) is 2.57. The normalized spacial score (nSPS) is 27.4. The first kappa shape index (κ1) is 11.5. The second kappa shape index (κ2) is 3.52. The number of hydrogen-bond donors (Lipinski definition) is 1. The van der Waals surface area contributed by atoms with Crippen LogP contribution in [-0.2, 0) is 12.0 Å². The highest BCUT2D eigenvalue weighted by atomic mass is 19.3. The molecule has 1 unspecified atom stereocenters. The highest BCUT2D eigenvalue weighted by Crippen LogP contribution is 2.60. The Hall–Kier alpha value is -0.970. The average molecular weight is 229 g/mol. The van der Waals surface area contributed by atoms with Gasteiger partial charge in [-0.2, -0.15) is 5.10 Å². The molecule has 0 aromatic carbocycles. The summed E-state index contributed by atoms with van der Waals surface area (Å²) in [4.78, 5) is 0. The highest BCUT2D eigenvalue weighted by Gasteiger charge is 2.72. The van der Waals surface area contributed by atoms with Gasteiger partial charge in [0.25, 0.3) is 5.92 Å². The van der Waals surface area contributed by atoms with Gasteiger partial charge in [0, 0.05) is 25.7 Å². The van der Waals surface area contributed by atoms with Gasteiger partial charge < -0.3 is 5.73 Å². The fourth-order valence-electron chi connectivity index (χ4n) is 2.17. The van der Waals surface area contributed by atoms with Crippen LogP contribution < -0.4 is 5.73 Å². The molecule has 1 atom stereocenters. The number of nitrogens with zero attached hydrogens (tertiary/aromatic N) is 2. The smallest absolute Gasteiger partial charge is 0.261 e. The minimum absolute atomic E-state index is 0.0240. The van der Waals surface area contributed by atoms with Gasteiger partial charge in [-0.1, -0.05) is 13.8 Å². The van der Waals surface area contributed by atoms with E-state index in [1.807, 2.05) is 13.8 Å². The van der Waals surface area contributed by atoms with Crippen molar-refractivity contribution in [3.8, 4) is 0 Å². The topological polar surface area (TPSA) is 43.8 Å². The van der Waals surface area contributed by atoms with Crippen molar-refractivity contribution < 1.29 is 8.78 Å². The third kappa shape index (κ3) is 1.54. The molecule has 0 aliphatic heterocycles. The predicted octanol–water partition coefficient (Wildman–Crippen LogP) is 1.77. The van der Waals surface area contributed by atoms with E-state index < -0.39 is 11.3 Å². The maximum Gasteiger partial charge on any atom is 0.261 e. The summed E-state index contributed by atoms with van der Waals surface area (Å²) in [5.41, 5.74) is 4.92. The lowest BCUT2D eigenvalue weighted by atomic mass is 10.0. The van der Waals surface area contributed by atoms with Gasteiger partial charge in [0.2, 0.25) is 0 Å². The van der Waals surface area contributed by atoms with E-state index in [9.17, 15) is 8.78 Å². The Bertz CT molecular complexity index is 386. The van der Waals surface area contributed by atoms with Crippen LogP contribution in [0.1, 0.15) is 26.0 Å². The number of hydrogen-bond acceptors (Lipinski definition) is 2. The zero-order valence-corrected chi connectivity index (χ0v) is 9.58. The van der Waals surface area contributed by atoms with Crippen molar-refractivity contribution in [2.45, 2.75) is 38.2 Å². The molecule has 1 heterocycles. The van der Waals surface area contributed by atoms with Crippen molar-refractivity contribution in [3.63, 3.8) is 0 Å². The summed E-state index contributed by atoms with van der Waals surface area (Å²) < 4.78 is 28.5. The van der Waals surface area contributed by atoms with Crippen molar-refractivity contribution in [2.24, 2.45) is 11.7 Å². The first-order valence-electron chi connectivity index (χ1n) is 5.53. The maximum atomic E-state index is 13.4. The lowest BCUT2D eigenvalue weighted by molar-refractivity contribution is 0.0871. The highest BCUT2D eigenvalue weighted by molar-refractivity contribution is 5.33. The fourth-order valence-corrected chi connectivity index (χ4v) is 2.17. The summed E-state index contributed by atoms with van der Waals surface area (Å²) in [7, 11) is 0. The second-order valence-corrected chi connectivity index (χ2v) is 4.96. The van der Waals surface area contributed by atoms with Crippen molar-refractivity contribution >= 4 is 0 Å². The van der Waals surface area contributed by atoms with E-state index in [2.05, 4.69) is 5.10 Å². The number of halogens is 2.